The second-order valence-corrected chi connectivity index (χ2v) is 5.17. The third-order valence-electron chi connectivity index (χ3n) is 3.03. The van der Waals surface area contributed by atoms with Gasteiger partial charge in [-0.2, -0.15) is 0 Å². The number of ether oxygens (including phenoxy) is 3. The molecule has 0 fully saturated rings. The zero-order valence-electron chi connectivity index (χ0n) is 14.2. The standard InChI is InChI=1S/C16H24N2O5/c1-10(2)18-14(20)9-17-13(19)8-11-6-7-12(21-3)16(23-5)15(11)22-4/h6-7,10H,8-9H2,1-5H3,(H,17,19)(H,18,20). The van der Waals surface area contributed by atoms with Crippen LogP contribution in [0.2, 0.25) is 0 Å². The minimum Gasteiger partial charge on any atom is -0.493 e. The molecular weight excluding hydrogens is 300 g/mol. The Morgan fingerprint density at radius 2 is 1.65 bits per heavy atom. The van der Waals surface area contributed by atoms with E-state index < -0.39 is 0 Å². The highest BCUT2D eigenvalue weighted by Gasteiger charge is 2.18. The summed E-state index contributed by atoms with van der Waals surface area (Å²) in [5.74, 6) is 0.873. The van der Waals surface area contributed by atoms with E-state index in [2.05, 4.69) is 10.6 Å². The van der Waals surface area contributed by atoms with Gasteiger partial charge in [-0.3, -0.25) is 9.59 Å². The maximum absolute atomic E-state index is 12.0. The van der Waals surface area contributed by atoms with E-state index in [0.29, 0.717) is 22.8 Å². The van der Waals surface area contributed by atoms with E-state index in [1.807, 2.05) is 13.8 Å². The Morgan fingerprint density at radius 3 is 2.17 bits per heavy atom. The van der Waals surface area contributed by atoms with E-state index in [1.165, 1.54) is 21.3 Å². The highest BCUT2D eigenvalue weighted by atomic mass is 16.5. The van der Waals surface area contributed by atoms with Crippen molar-refractivity contribution in [3.05, 3.63) is 17.7 Å². The Kier molecular flexibility index (Phi) is 7.18. The Labute approximate surface area is 136 Å². The molecule has 0 bridgehead atoms. The Bertz CT molecular complexity index is 558. The molecule has 1 aromatic carbocycles. The minimum absolute atomic E-state index is 0.0327. The number of hydrogen-bond acceptors (Lipinski definition) is 5. The molecule has 1 rings (SSSR count). The number of rotatable bonds is 8. The highest BCUT2D eigenvalue weighted by Crippen LogP contribution is 2.39. The van der Waals surface area contributed by atoms with Gasteiger partial charge in [-0.15, -0.1) is 0 Å². The van der Waals surface area contributed by atoms with Gasteiger partial charge in [-0.1, -0.05) is 6.07 Å². The summed E-state index contributed by atoms with van der Waals surface area (Å²) in [4.78, 5) is 23.5. The summed E-state index contributed by atoms with van der Waals surface area (Å²) in [5, 5.41) is 5.28. The SMILES string of the molecule is COc1ccc(CC(=O)NCC(=O)NC(C)C)c(OC)c1OC. The fraction of sp³-hybridized carbons (Fsp3) is 0.500. The van der Waals surface area contributed by atoms with E-state index in [1.54, 1.807) is 12.1 Å². The number of methoxy groups -OCH3 is 3. The first-order valence-corrected chi connectivity index (χ1v) is 7.26. The number of benzene rings is 1. The molecule has 1 aromatic rings. The Morgan fingerprint density at radius 1 is 1.00 bits per heavy atom. The Balaban J connectivity index is 2.76. The highest BCUT2D eigenvalue weighted by molar-refractivity contribution is 5.86. The summed E-state index contributed by atoms with van der Waals surface area (Å²) in [6.07, 6.45) is 0.0679. The van der Waals surface area contributed by atoms with Crippen LogP contribution in [0.25, 0.3) is 0 Å². The van der Waals surface area contributed by atoms with E-state index in [0.717, 1.165) is 0 Å². The summed E-state index contributed by atoms with van der Waals surface area (Å²) in [6.45, 7) is 3.65. The maximum Gasteiger partial charge on any atom is 0.239 e. The molecule has 0 aliphatic heterocycles. The van der Waals surface area contributed by atoms with Crippen molar-refractivity contribution in [1.82, 2.24) is 10.6 Å². The lowest BCUT2D eigenvalue weighted by atomic mass is 10.1. The van der Waals surface area contributed by atoms with Crippen LogP contribution in [-0.4, -0.2) is 45.7 Å². The lowest BCUT2D eigenvalue weighted by Gasteiger charge is -2.15. The summed E-state index contributed by atoms with van der Waals surface area (Å²) < 4.78 is 15.8. The van der Waals surface area contributed by atoms with Crippen molar-refractivity contribution in [2.45, 2.75) is 26.3 Å². The molecule has 0 aromatic heterocycles. The first-order valence-electron chi connectivity index (χ1n) is 7.26. The lowest BCUT2D eigenvalue weighted by Crippen LogP contribution is -2.40. The fourth-order valence-electron chi connectivity index (χ4n) is 2.09. The average Bonchev–Trinajstić information content (AvgIpc) is 2.51. The predicted octanol–water partition coefficient (Wildman–Crippen LogP) is 0.896. The van der Waals surface area contributed by atoms with Crippen LogP contribution in [0, 0.1) is 0 Å². The largest absolute Gasteiger partial charge is 0.493 e. The molecule has 0 heterocycles. The van der Waals surface area contributed by atoms with Gasteiger partial charge in [-0.05, 0) is 19.9 Å². The van der Waals surface area contributed by atoms with E-state index in [-0.39, 0.29) is 30.8 Å². The quantitative estimate of drug-likeness (QED) is 0.742. The zero-order valence-corrected chi connectivity index (χ0v) is 14.2. The molecule has 7 nitrogen and oxygen atoms in total. The van der Waals surface area contributed by atoms with Crippen molar-refractivity contribution in [2.75, 3.05) is 27.9 Å². The van der Waals surface area contributed by atoms with Crippen molar-refractivity contribution in [2.24, 2.45) is 0 Å². The second kappa shape index (κ2) is 8.87. The van der Waals surface area contributed by atoms with Gasteiger partial charge < -0.3 is 24.8 Å². The van der Waals surface area contributed by atoms with Gasteiger partial charge in [0.25, 0.3) is 0 Å². The molecule has 0 spiro atoms. The Hall–Kier alpha value is -2.44. The van der Waals surface area contributed by atoms with Gasteiger partial charge in [0.15, 0.2) is 11.5 Å². The van der Waals surface area contributed by atoms with Crippen LogP contribution in [0.5, 0.6) is 17.2 Å². The summed E-state index contributed by atoms with van der Waals surface area (Å²) >= 11 is 0. The van der Waals surface area contributed by atoms with Crippen LogP contribution in [0.3, 0.4) is 0 Å². The van der Waals surface area contributed by atoms with Crippen LogP contribution < -0.4 is 24.8 Å². The first kappa shape index (κ1) is 18.6. The number of amides is 2. The van der Waals surface area contributed by atoms with Crippen molar-refractivity contribution in [3.63, 3.8) is 0 Å². The monoisotopic (exact) mass is 324 g/mol. The molecule has 0 saturated carbocycles. The van der Waals surface area contributed by atoms with E-state index >= 15 is 0 Å². The normalized spacial score (nSPS) is 10.2. The van der Waals surface area contributed by atoms with Gasteiger partial charge in [0.1, 0.15) is 0 Å². The molecule has 7 heteroatoms. The smallest absolute Gasteiger partial charge is 0.239 e. The molecule has 0 saturated heterocycles. The molecule has 0 aliphatic rings. The topological polar surface area (TPSA) is 85.9 Å². The van der Waals surface area contributed by atoms with Gasteiger partial charge in [0.2, 0.25) is 17.6 Å². The van der Waals surface area contributed by atoms with Gasteiger partial charge in [-0.25, -0.2) is 0 Å². The van der Waals surface area contributed by atoms with Gasteiger partial charge in [0.05, 0.1) is 34.3 Å². The minimum atomic E-state index is -0.283. The van der Waals surface area contributed by atoms with Crippen molar-refractivity contribution in [1.29, 1.82) is 0 Å². The van der Waals surface area contributed by atoms with Gasteiger partial charge in [0, 0.05) is 11.6 Å². The molecule has 0 radical (unpaired) electrons. The molecule has 23 heavy (non-hydrogen) atoms. The van der Waals surface area contributed by atoms with Crippen LogP contribution in [0.15, 0.2) is 12.1 Å². The fourth-order valence-corrected chi connectivity index (χ4v) is 2.09. The average molecular weight is 324 g/mol. The third-order valence-corrected chi connectivity index (χ3v) is 3.03. The van der Waals surface area contributed by atoms with Crippen LogP contribution >= 0.6 is 0 Å². The number of hydrogen-bond donors (Lipinski definition) is 2. The molecule has 0 unspecified atom stereocenters. The molecular formula is C16H24N2O5. The maximum atomic E-state index is 12.0. The number of carbonyl (C=O) groups is 2. The molecule has 2 N–H and O–H groups in total. The second-order valence-electron chi connectivity index (χ2n) is 5.17. The first-order chi connectivity index (χ1) is 10.9. The van der Waals surface area contributed by atoms with Crippen LogP contribution in [0.4, 0.5) is 0 Å². The molecule has 2 amide bonds. The molecule has 128 valence electrons. The number of carbonyl (C=O) groups excluding carboxylic acids is 2. The van der Waals surface area contributed by atoms with E-state index in [9.17, 15) is 9.59 Å². The van der Waals surface area contributed by atoms with E-state index in [4.69, 9.17) is 14.2 Å². The third kappa shape index (κ3) is 5.36. The van der Waals surface area contributed by atoms with Crippen molar-refractivity contribution >= 4 is 11.8 Å². The van der Waals surface area contributed by atoms with Crippen LogP contribution in [-0.2, 0) is 16.0 Å². The number of nitrogens with one attached hydrogen (secondary N) is 2. The lowest BCUT2D eigenvalue weighted by molar-refractivity contribution is -0.126. The van der Waals surface area contributed by atoms with Crippen molar-refractivity contribution < 1.29 is 23.8 Å². The summed E-state index contributed by atoms with van der Waals surface area (Å²) in [5.41, 5.74) is 0.645. The molecule has 0 aliphatic carbocycles. The molecule has 0 atom stereocenters. The summed E-state index contributed by atoms with van der Waals surface area (Å²) in [7, 11) is 4.52. The van der Waals surface area contributed by atoms with Gasteiger partial charge >= 0.3 is 0 Å². The van der Waals surface area contributed by atoms with Crippen molar-refractivity contribution in [3.8, 4) is 17.2 Å². The summed E-state index contributed by atoms with van der Waals surface area (Å²) in [6, 6.07) is 3.47. The predicted molar refractivity (Wildman–Crippen MR) is 86.1 cm³/mol. The van der Waals surface area contributed by atoms with Crippen LogP contribution in [0.1, 0.15) is 19.4 Å². The zero-order chi connectivity index (χ0) is 17.4.